The van der Waals surface area contributed by atoms with Crippen molar-refractivity contribution in [3.8, 4) is 0 Å². The van der Waals surface area contributed by atoms with Crippen LogP contribution < -0.4 is 5.32 Å². The maximum atomic E-state index is 12.2. The maximum absolute atomic E-state index is 12.2. The second kappa shape index (κ2) is 9.78. The normalized spacial score (nSPS) is 17.6. The summed E-state index contributed by atoms with van der Waals surface area (Å²) in [6.45, 7) is 5.50. The van der Waals surface area contributed by atoms with Gasteiger partial charge in [-0.05, 0) is 56.7 Å². The Kier molecular flexibility index (Phi) is 6.90. The first kappa shape index (κ1) is 20.4. The Hall–Kier alpha value is -1.83. The highest BCUT2D eigenvalue weighted by Gasteiger charge is 2.17. The van der Waals surface area contributed by atoms with Crippen molar-refractivity contribution < 1.29 is 4.79 Å². The maximum Gasteiger partial charge on any atom is 0.226 e. The minimum atomic E-state index is 0.0572. The molecule has 1 aliphatic heterocycles. The first-order chi connectivity index (χ1) is 14.2. The van der Waals surface area contributed by atoms with Crippen LogP contribution in [0.15, 0.2) is 29.6 Å². The van der Waals surface area contributed by atoms with Crippen LogP contribution in [0.1, 0.15) is 49.7 Å². The molecule has 3 aromatic rings. The number of unbranched alkanes of at least 4 members (excludes halogenated alkanes) is 1. The molecule has 0 saturated carbocycles. The second-order valence-electron chi connectivity index (χ2n) is 7.96. The Morgan fingerprint density at radius 2 is 2.17 bits per heavy atom. The number of rotatable bonds is 8. The summed E-state index contributed by atoms with van der Waals surface area (Å²) in [7, 11) is 0. The Labute approximate surface area is 180 Å². The number of nitrogens with zero attached hydrogens (tertiary/aromatic N) is 3. The SMILES string of the molecule is CC1CCCN(Cc2csc(NC(=O)CCCCc3nc4ccccc4s3)n2)C1. The molecule has 2 aromatic heterocycles. The fourth-order valence-electron chi connectivity index (χ4n) is 3.87. The molecule has 1 saturated heterocycles. The monoisotopic (exact) mass is 428 g/mol. The van der Waals surface area contributed by atoms with Crippen LogP contribution >= 0.6 is 22.7 Å². The zero-order chi connectivity index (χ0) is 20.1. The molecule has 154 valence electrons. The van der Waals surface area contributed by atoms with Gasteiger partial charge in [-0.15, -0.1) is 22.7 Å². The minimum absolute atomic E-state index is 0.0572. The number of benzene rings is 1. The molecule has 7 heteroatoms. The van der Waals surface area contributed by atoms with E-state index in [1.165, 1.54) is 28.9 Å². The minimum Gasteiger partial charge on any atom is -0.302 e. The van der Waals surface area contributed by atoms with Gasteiger partial charge in [0.05, 0.1) is 20.9 Å². The number of aromatic nitrogens is 2. The lowest BCUT2D eigenvalue weighted by Crippen LogP contribution is -2.33. The topological polar surface area (TPSA) is 58.1 Å². The van der Waals surface area contributed by atoms with Crippen LogP contribution in [-0.4, -0.2) is 33.9 Å². The fraction of sp³-hybridized carbons (Fsp3) is 0.500. The van der Waals surface area contributed by atoms with E-state index in [2.05, 4.69) is 44.6 Å². The van der Waals surface area contributed by atoms with E-state index in [0.29, 0.717) is 6.42 Å². The number of amides is 1. The summed E-state index contributed by atoms with van der Waals surface area (Å²) in [6.07, 6.45) is 5.90. The van der Waals surface area contributed by atoms with Gasteiger partial charge < -0.3 is 5.32 Å². The van der Waals surface area contributed by atoms with Crippen LogP contribution in [0.4, 0.5) is 5.13 Å². The Morgan fingerprint density at radius 3 is 3.03 bits per heavy atom. The number of likely N-dealkylation sites (tertiary alicyclic amines) is 1. The van der Waals surface area contributed by atoms with Gasteiger partial charge in [-0.3, -0.25) is 9.69 Å². The molecule has 1 atom stereocenters. The molecular weight excluding hydrogens is 400 g/mol. The van der Waals surface area contributed by atoms with Crippen LogP contribution in [-0.2, 0) is 17.8 Å². The number of thiazole rings is 2. The lowest BCUT2D eigenvalue weighted by Gasteiger charge is -2.30. The number of aryl methyl sites for hydroxylation is 1. The van der Waals surface area contributed by atoms with Crippen molar-refractivity contribution in [1.29, 1.82) is 0 Å². The van der Waals surface area contributed by atoms with E-state index in [9.17, 15) is 4.79 Å². The van der Waals surface area contributed by atoms with E-state index < -0.39 is 0 Å². The Balaban J connectivity index is 1.17. The van der Waals surface area contributed by atoms with Gasteiger partial charge in [-0.1, -0.05) is 19.1 Å². The molecule has 29 heavy (non-hydrogen) atoms. The van der Waals surface area contributed by atoms with Crippen molar-refractivity contribution in [2.75, 3.05) is 18.4 Å². The molecule has 1 unspecified atom stereocenters. The molecule has 5 nitrogen and oxygen atoms in total. The van der Waals surface area contributed by atoms with Gasteiger partial charge >= 0.3 is 0 Å². The van der Waals surface area contributed by atoms with Crippen molar-refractivity contribution in [3.63, 3.8) is 0 Å². The van der Waals surface area contributed by atoms with Crippen LogP contribution in [0.5, 0.6) is 0 Å². The highest BCUT2D eigenvalue weighted by atomic mass is 32.1. The first-order valence-electron chi connectivity index (χ1n) is 10.5. The smallest absolute Gasteiger partial charge is 0.226 e. The third-order valence-corrected chi connectivity index (χ3v) is 7.21. The van der Waals surface area contributed by atoms with Gasteiger partial charge in [-0.25, -0.2) is 9.97 Å². The quantitative estimate of drug-likeness (QED) is 0.492. The summed E-state index contributed by atoms with van der Waals surface area (Å²) in [5.41, 5.74) is 2.14. The molecule has 1 amide bonds. The lowest BCUT2D eigenvalue weighted by molar-refractivity contribution is -0.116. The zero-order valence-corrected chi connectivity index (χ0v) is 18.5. The number of nitrogens with one attached hydrogen (secondary N) is 1. The number of hydrogen-bond acceptors (Lipinski definition) is 6. The molecule has 0 spiro atoms. The standard InChI is InChI=1S/C22H28N4OS2/c1-16-7-6-12-26(13-16)14-17-15-28-22(23-17)25-20(27)10-4-5-11-21-24-18-8-2-3-9-19(18)29-21/h2-3,8-9,15-16H,4-7,10-14H2,1H3,(H,23,25,27). The van der Waals surface area contributed by atoms with Crippen LogP contribution in [0.3, 0.4) is 0 Å². The Bertz CT molecular complexity index is 918. The van der Waals surface area contributed by atoms with Gasteiger partial charge in [0.1, 0.15) is 0 Å². The molecule has 3 heterocycles. The first-order valence-corrected chi connectivity index (χ1v) is 12.2. The summed E-state index contributed by atoms with van der Waals surface area (Å²) in [5, 5.41) is 6.92. The molecule has 1 aromatic carbocycles. The van der Waals surface area contributed by atoms with Crippen molar-refractivity contribution in [3.05, 3.63) is 40.3 Å². The summed E-state index contributed by atoms with van der Waals surface area (Å²) < 4.78 is 1.24. The van der Waals surface area contributed by atoms with Gasteiger partial charge in [0.15, 0.2) is 5.13 Å². The summed E-state index contributed by atoms with van der Waals surface area (Å²) in [4.78, 5) is 24.0. The molecule has 1 N–H and O–H groups in total. The number of para-hydroxylation sites is 1. The predicted octanol–water partition coefficient (Wildman–Crippen LogP) is 5.34. The van der Waals surface area contributed by atoms with Crippen LogP contribution in [0.2, 0.25) is 0 Å². The van der Waals surface area contributed by atoms with E-state index in [-0.39, 0.29) is 5.91 Å². The van der Waals surface area contributed by atoms with Crippen molar-refractivity contribution in [1.82, 2.24) is 14.9 Å². The van der Waals surface area contributed by atoms with E-state index >= 15 is 0 Å². The predicted molar refractivity (Wildman–Crippen MR) is 122 cm³/mol. The number of piperidine rings is 1. The summed E-state index contributed by atoms with van der Waals surface area (Å²) >= 11 is 3.28. The van der Waals surface area contributed by atoms with E-state index in [0.717, 1.165) is 66.2 Å². The Morgan fingerprint density at radius 1 is 1.28 bits per heavy atom. The third-order valence-electron chi connectivity index (χ3n) is 5.31. The molecule has 0 bridgehead atoms. The molecule has 0 radical (unpaired) electrons. The molecule has 1 fully saturated rings. The van der Waals surface area contributed by atoms with E-state index in [1.807, 2.05) is 12.1 Å². The molecule has 1 aliphatic rings. The van der Waals surface area contributed by atoms with E-state index in [1.54, 1.807) is 11.3 Å². The molecular formula is C22H28N4OS2. The van der Waals surface area contributed by atoms with Crippen molar-refractivity contribution in [2.24, 2.45) is 5.92 Å². The number of hydrogen-bond donors (Lipinski definition) is 1. The molecule has 4 rings (SSSR count). The number of carbonyl (C=O) groups excluding carboxylic acids is 1. The summed E-state index contributed by atoms with van der Waals surface area (Å²) in [6, 6.07) is 8.23. The zero-order valence-electron chi connectivity index (χ0n) is 16.9. The van der Waals surface area contributed by atoms with E-state index in [4.69, 9.17) is 0 Å². The largest absolute Gasteiger partial charge is 0.302 e. The van der Waals surface area contributed by atoms with Gasteiger partial charge in [0, 0.05) is 24.9 Å². The highest BCUT2D eigenvalue weighted by molar-refractivity contribution is 7.18. The number of fused-ring (bicyclic) bond motifs is 1. The van der Waals surface area contributed by atoms with Crippen LogP contribution in [0, 0.1) is 5.92 Å². The molecule has 0 aliphatic carbocycles. The second-order valence-corrected chi connectivity index (χ2v) is 9.93. The van der Waals surface area contributed by atoms with Gasteiger partial charge in [-0.2, -0.15) is 0 Å². The average molecular weight is 429 g/mol. The average Bonchev–Trinajstić information content (AvgIpc) is 3.31. The third kappa shape index (κ3) is 5.84. The fourth-order valence-corrected chi connectivity index (χ4v) is 5.59. The summed E-state index contributed by atoms with van der Waals surface area (Å²) in [5.74, 6) is 0.825. The van der Waals surface area contributed by atoms with Gasteiger partial charge in [0.2, 0.25) is 5.91 Å². The highest BCUT2D eigenvalue weighted by Crippen LogP contribution is 2.23. The van der Waals surface area contributed by atoms with Crippen LogP contribution in [0.25, 0.3) is 10.2 Å². The number of carbonyl (C=O) groups is 1. The van der Waals surface area contributed by atoms with Gasteiger partial charge in [0.25, 0.3) is 0 Å². The lowest BCUT2D eigenvalue weighted by atomic mass is 10.0. The van der Waals surface area contributed by atoms with Crippen molar-refractivity contribution in [2.45, 2.75) is 52.0 Å². The van der Waals surface area contributed by atoms with Crippen molar-refractivity contribution >= 4 is 43.9 Å². The number of anilines is 1.